The molecule has 4 rings (SSSR count). The molecule has 0 aliphatic heterocycles. The van der Waals surface area contributed by atoms with Gasteiger partial charge in [-0.15, -0.1) is 11.3 Å². The third-order valence-corrected chi connectivity index (χ3v) is 6.48. The molecule has 0 atom stereocenters. The average molecular weight is 449 g/mol. The maximum absolute atomic E-state index is 12.2. The maximum atomic E-state index is 12.2. The summed E-state index contributed by atoms with van der Waals surface area (Å²) in [7, 11) is 0. The number of benzene rings is 3. The van der Waals surface area contributed by atoms with E-state index >= 15 is 0 Å². The predicted octanol–water partition coefficient (Wildman–Crippen LogP) is 5.98. The number of hydrogen-bond donors (Lipinski definition) is 3. The highest BCUT2D eigenvalue weighted by molar-refractivity contribution is 8.01. The summed E-state index contributed by atoms with van der Waals surface area (Å²) in [4.78, 5) is 29.0. The van der Waals surface area contributed by atoms with Gasteiger partial charge in [-0.25, -0.2) is 9.78 Å². The van der Waals surface area contributed by atoms with Crippen LogP contribution in [-0.2, 0) is 4.79 Å². The lowest BCUT2D eigenvalue weighted by molar-refractivity contribution is -0.113. The van der Waals surface area contributed by atoms with Gasteiger partial charge in [0.05, 0.1) is 16.0 Å². The van der Waals surface area contributed by atoms with Crippen molar-refractivity contribution in [3.05, 3.63) is 78.4 Å². The van der Waals surface area contributed by atoms with Crippen molar-refractivity contribution in [1.29, 1.82) is 0 Å². The Morgan fingerprint density at radius 1 is 0.871 bits per heavy atom. The lowest BCUT2D eigenvalue weighted by Gasteiger charge is -2.07. The van der Waals surface area contributed by atoms with Crippen LogP contribution >= 0.6 is 23.1 Å². The van der Waals surface area contributed by atoms with E-state index in [9.17, 15) is 9.59 Å². The van der Waals surface area contributed by atoms with Crippen LogP contribution in [0.15, 0.2) is 77.1 Å². The van der Waals surface area contributed by atoms with Crippen LogP contribution in [0.2, 0.25) is 0 Å². The van der Waals surface area contributed by atoms with Gasteiger partial charge in [-0.3, -0.25) is 4.79 Å². The molecule has 1 heterocycles. The number of urea groups is 1. The molecule has 3 aromatic carbocycles. The molecule has 3 amide bonds. The van der Waals surface area contributed by atoms with Gasteiger partial charge >= 0.3 is 6.03 Å². The van der Waals surface area contributed by atoms with Gasteiger partial charge in [0.1, 0.15) is 0 Å². The average Bonchev–Trinajstić information content (AvgIpc) is 3.17. The van der Waals surface area contributed by atoms with Crippen molar-refractivity contribution < 1.29 is 9.59 Å². The summed E-state index contributed by atoms with van der Waals surface area (Å²) in [6.45, 7) is 2.01. The molecule has 156 valence electrons. The van der Waals surface area contributed by atoms with Crippen LogP contribution in [0.1, 0.15) is 5.56 Å². The highest BCUT2D eigenvalue weighted by atomic mass is 32.2. The number of carbonyl (C=O) groups is 2. The van der Waals surface area contributed by atoms with Crippen molar-refractivity contribution in [1.82, 2.24) is 4.98 Å². The fourth-order valence-corrected chi connectivity index (χ4v) is 4.73. The third kappa shape index (κ3) is 5.84. The van der Waals surface area contributed by atoms with E-state index < -0.39 is 0 Å². The lowest BCUT2D eigenvalue weighted by Crippen LogP contribution is -2.19. The number of fused-ring (bicyclic) bond motifs is 1. The molecule has 0 saturated heterocycles. The first-order chi connectivity index (χ1) is 15.0. The second kappa shape index (κ2) is 9.63. The number of amides is 3. The van der Waals surface area contributed by atoms with Gasteiger partial charge < -0.3 is 16.0 Å². The quantitative estimate of drug-likeness (QED) is 0.317. The molecule has 0 aliphatic carbocycles. The molecule has 3 N–H and O–H groups in total. The number of thioether (sulfide) groups is 1. The van der Waals surface area contributed by atoms with Crippen LogP contribution in [0, 0.1) is 6.92 Å². The number of nitrogens with one attached hydrogen (secondary N) is 3. The van der Waals surface area contributed by atoms with Gasteiger partial charge in [0.25, 0.3) is 0 Å². The fraction of sp³-hybridized carbons (Fsp3) is 0.0870. The largest absolute Gasteiger partial charge is 0.325 e. The molecule has 0 fully saturated rings. The molecule has 1 aromatic heterocycles. The number of para-hydroxylation sites is 1. The molecule has 0 bridgehead atoms. The van der Waals surface area contributed by atoms with Crippen molar-refractivity contribution in [2.24, 2.45) is 0 Å². The maximum Gasteiger partial charge on any atom is 0.323 e. The van der Waals surface area contributed by atoms with Gasteiger partial charge in [0, 0.05) is 17.1 Å². The molecule has 0 aliphatic rings. The Kier molecular flexibility index (Phi) is 6.49. The number of aryl methyl sites for hydroxylation is 1. The van der Waals surface area contributed by atoms with Crippen LogP contribution in [0.25, 0.3) is 10.2 Å². The summed E-state index contributed by atoms with van der Waals surface area (Å²) >= 11 is 2.89. The summed E-state index contributed by atoms with van der Waals surface area (Å²) in [6, 6.07) is 22.2. The number of anilines is 3. The first-order valence-electron chi connectivity index (χ1n) is 9.58. The van der Waals surface area contributed by atoms with Crippen molar-refractivity contribution in [2.75, 3.05) is 21.7 Å². The van der Waals surface area contributed by atoms with Crippen molar-refractivity contribution in [3.63, 3.8) is 0 Å². The van der Waals surface area contributed by atoms with Crippen LogP contribution in [0.5, 0.6) is 0 Å². The molecular formula is C23H20N4O2S2. The summed E-state index contributed by atoms with van der Waals surface area (Å²) in [5.74, 6) is 0.200. The Morgan fingerprint density at radius 2 is 1.55 bits per heavy atom. The zero-order valence-electron chi connectivity index (χ0n) is 16.7. The number of aromatic nitrogens is 1. The first-order valence-corrected chi connectivity index (χ1v) is 11.4. The van der Waals surface area contributed by atoms with Crippen LogP contribution < -0.4 is 16.0 Å². The molecule has 8 heteroatoms. The minimum Gasteiger partial charge on any atom is -0.325 e. The van der Waals surface area contributed by atoms with Gasteiger partial charge in [-0.1, -0.05) is 47.7 Å². The molecule has 0 unspecified atom stereocenters. The van der Waals surface area contributed by atoms with Crippen LogP contribution in [0.4, 0.5) is 21.9 Å². The molecular weight excluding hydrogens is 428 g/mol. The van der Waals surface area contributed by atoms with Crippen LogP contribution in [0.3, 0.4) is 0 Å². The van der Waals surface area contributed by atoms with Gasteiger partial charge in [0.2, 0.25) is 5.91 Å². The lowest BCUT2D eigenvalue weighted by atomic mass is 10.2. The van der Waals surface area contributed by atoms with E-state index in [4.69, 9.17) is 0 Å². The normalized spacial score (nSPS) is 10.6. The van der Waals surface area contributed by atoms with E-state index in [0.717, 1.165) is 31.5 Å². The second-order valence-electron chi connectivity index (χ2n) is 6.81. The van der Waals surface area contributed by atoms with E-state index in [1.165, 1.54) is 23.1 Å². The summed E-state index contributed by atoms with van der Waals surface area (Å²) in [5.41, 5.74) is 4.17. The SMILES string of the molecule is Cc1ccc(NC(=O)CSc2nc3ccc(NC(=O)Nc4ccccc4)cc3s2)cc1. The molecule has 31 heavy (non-hydrogen) atoms. The van der Waals surface area contributed by atoms with Gasteiger partial charge in [-0.2, -0.15) is 0 Å². The topological polar surface area (TPSA) is 83.1 Å². The smallest absolute Gasteiger partial charge is 0.323 e. The standard InChI is InChI=1S/C23H20N4O2S2/c1-15-7-9-17(10-8-15)24-21(28)14-30-23-27-19-12-11-18(13-20(19)31-23)26-22(29)25-16-5-3-2-4-6-16/h2-13H,14H2,1H3,(H,24,28)(H2,25,26,29). The highest BCUT2D eigenvalue weighted by Gasteiger charge is 2.10. The predicted molar refractivity (Wildman–Crippen MR) is 129 cm³/mol. The zero-order valence-corrected chi connectivity index (χ0v) is 18.3. The number of carbonyl (C=O) groups excluding carboxylic acids is 2. The Morgan fingerprint density at radius 3 is 2.32 bits per heavy atom. The van der Waals surface area contributed by atoms with E-state index in [2.05, 4.69) is 20.9 Å². The van der Waals surface area contributed by atoms with Crippen molar-refractivity contribution in [2.45, 2.75) is 11.3 Å². The molecule has 4 aromatic rings. The van der Waals surface area contributed by atoms with Gasteiger partial charge in [0.15, 0.2) is 4.34 Å². The minimum absolute atomic E-state index is 0.0759. The van der Waals surface area contributed by atoms with Crippen LogP contribution in [-0.4, -0.2) is 22.7 Å². The second-order valence-corrected chi connectivity index (χ2v) is 9.06. The highest BCUT2D eigenvalue weighted by Crippen LogP contribution is 2.31. The third-order valence-electron chi connectivity index (χ3n) is 4.32. The Hall–Kier alpha value is -3.36. The summed E-state index contributed by atoms with van der Waals surface area (Å²) < 4.78 is 1.75. The first kappa shape index (κ1) is 20.9. The van der Waals surface area contributed by atoms with Crippen molar-refractivity contribution >= 4 is 62.3 Å². The molecule has 0 radical (unpaired) electrons. The zero-order chi connectivity index (χ0) is 21.6. The number of hydrogen-bond acceptors (Lipinski definition) is 5. The minimum atomic E-state index is -0.308. The van der Waals surface area contributed by atoms with Crippen molar-refractivity contribution in [3.8, 4) is 0 Å². The summed E-state index contributed by atoms with van der Waals surface area (Å²) in [6.07, 6.45) is 0. The van der Waals surface area contributed by atoms with E-state index in [-0.39, 0.29) is 17.7 Å². The molecule has 0 saturated carbocycles. The number of rotatable bonds is 6. The number of nitrogens with zero attached hydrogens (tertiary/aromatic N) is 1. The van der Waals surface area contributed by atoms with Gasteiger partial charge in [-0.05, 0) is 49.4 Å². The van der Waals surface area contributed by atoms with E-state index in [1.54, 1.807) is 0 Å². The van der Waals surface area contributed by atoms with E-state index in [1.807, 2.05) is 79.7 Å². The summed E-state index contributed by atoms with van der Waals surface area (Å²) in [5, 5.41) is 8.51. The molecule has 0 spiro atoms. The fourth-order valence-electron chi connectivity index (χ4n) is 2.82. The molecule has 6 nitrogen and oxygen atoms in total. The van der Waals surface area contributed by atoms with E-state index in [0.29, 0.717) is 5.69 Å². The Labute approximate surface area is 188 Å². The Balaban J connectivity index is 1.34. The monoisotopic (exact) mass is 448 g/mol. The Bertz CT molecular complexity index is 1210. The number of thiazole rings is 1.